The number of amides is 3. The molecule has 8 unspecified atom stereocenters. The molecule has 0 saturated carbocycles. The van der Waals surface area contributed by atoms with E-state index < -0.39 is 30.3 Å². The summed E-state index contributed by atoms with van der Waals surface area (Å²) in [6.07, 6.45) is 9.02. The summed E-state index contributed by atoms with van der Waals surface area (Å²) >= 11 is 0. The molecule has 3 amide bonds. The lowest BCUT2D eigenvalue weighted by molar-refractivity contribution is -0.146. The van der Waals surface area contributed by atoms with Crippen molar-refractivity contribution < 1.29 is 29.0 Å². The quantitative estimate of drug-likeness (QED) is 0.280. The lowest BCUT2D eigenvalue weighted by Crippen LogP contribution is -2.54. The summed E-state index contributed by atoms with van der Waals surface area (Å²) in [5, 5.41) is 13.7. The van der Waals surface area contributed by atoms with Crippen molar-refractivity contribution in [2.75, 3.05) is 27.8 Å². The number of aliphatic hydroxyl groups excluding tert-OH is 1. The Kier molecular flexibility index (Phi) is 14.7. The number of ether oxygens (including phenoxy) is 2. The fourth-order valence-corrected chi connectivity index (χ4v) is 6.40. The van der Waals surface area contributed by atoms with Gasteiger partial charge < -0.3 is 29.7 Å². The Morgan fingerprint density at radius 3 is 2.33 bits per heavy atom. The second-order valence-electron chi connectivity index (χ2n) is 12.7. The summed E-state index contributed by atoms with van der Waals surface area (Å²) in [5.74, 6) is -0.376. The molecule has 0 bridgehead atoms. The zero-order valence-corrected chi connectivity index (χ0v) is 27.5. The zero-order valence-electron chi connectivity index (χ0n) is 27.5. The van der Waals surface area contributed by atoms with Crippen LogP contribution in [0.4, 0.5) is 0 Å². The van der Waals surface area contributed by atoms with Gasteiger partial charge in [0.1, 0.15) is 0 Å². The molecule has 1 heterocycles. The Bertz CT molecular complexity index is 950. The van der Waals surface area contributed by atoms with Gasteiger partial charge in [0.2, 0.25) is 17.7 Å². The fourth-order valence-electron chi connectivity index (χ4n) is 6.40. The van der Waals surface area contributed by atoms with Gasteiger partial charge in [0.25, 0.3) is 0 Å². The number of carbonyl (C=O) groups is 3. The second-order valence-corrected chi connectivity index (χ2v) is 12.7. The number of likely N-dealkylation sites (tertiary alicyclic amines) is 1. The van der Waals surface area contributed by atoms with Gasteiger partial charge in [0.15, 0.2) is 0 Å². The smallest absolute Gasteiger partial charge is 0.225 e. The lowest BCUT2D eigenvalue weighted by Gasteiger charge is -2.39. The van der Waals surface area contributed by atoms with Crippen LogP contribution in [0, 0.1) is 17.8 Å². The van der Waals surface area contributed by atoms with Crippen LogP contribution in [0.1, 0.15) is 86.5 Å². The van der Waals surface area contributed by atoms with E-state index in [0.717, 1.165) is 37.7 Å². The summed E-state index contributed by atoms with van der Waals surface area (Å²) in [5.41, 5.74) is 0.817. The van der Waals surface area contributed by atoms with E-state index in [9.17, 15) is 19.5 Å². The van der Waals surface area contributed by atoms with Gasteiger partial charge in [0, 0.05) is 34.2 Å². The molecule has 1 fully saturated rings. The van der Waals surface area contributed by atoms with Gasteiger partial charge in [-0.15, -0.1) is 0 Å². The minimum atomic E-state index is -0.793. The Hall–Kier alpha value is -2.23. The van der Waals surface area contributed by atoms with Gasteiger partial charge in [-0.1, -0.05) is 59.3 Å². The van der Waals surface area contributed by atoms with E-state index in [-0.39, 0.29) is 48.1 Å². The molecule has 240 valence electrons. The molecule has 0 spiro atoms. The number of aliphatic hydroxyl groups is 1. The molecule has 1 aliphatic heterocycles. The standard InChI is InChI=1S/C33H57N3O6/c1-10-22(4)30(35(7)28(37)19-21(2)3)27(41-8)20-29(38)36-18-14-17-26(36)32(42-9)23(5)33(40)34-24(6)31(39)25-15-12-11-13-16-25/h12,15-16,21-24,26-27,30-32,39H,10-11,13-14,17-20H2,1-9H3,(H,34,40). The second kappa shape index (κ2) is 17.2. The van der Waals surface area contributed by atoms with Crippen molar-refractivity contribution in [2.24, 2.45) is 17.8 Å². The van der Waals surface area contributed by atoms with Gasteiger partial charge in [-0.2, -0.15) is 0 Å². The van der Waals surface area contributed by atoms with Gasteiger partial charge in [-0.3, -0.25) is 14.4 Å². The number of nitrogens with one attached hydrogen (secondary N) is 1. The highest BCUT2D eigenvalue weighted by Gasteiger charge is 2.42. The van der Waals surface area contributed by atoms with Crippen LogP contribution in [0.3, 0.4) is 0 Å². The van der Waals surface area contributed by atoms with Crippen molar-refractivity contribution in [3.05, 3.63) is 23.8 Å². The minimum Gasteiger partial charge on any atom is -0.386 e. The first kappa shape index (κ1) is 36.0. The first-order valence-electron chi connectivity index (χ1n) is 15.8. The lowest BCUT2D eigenvalue weighted by atomic mass is 9.90. The van der Waals surface area contributed by atoms with E-state index in [1.54, 1.807) is 26.0 Å². The number of hydrogen-bond donors (Lipinski definition) is 2. The van der Waals surface area contributed by atoms with E-state index in [1.807, 2.05) is 50.9 Å². The number of carbonyl (C=O) groups excluding carboxylic acids is 3. The van der Waals surface area contributed by atoms with Crippen LogP contribution in [0.25, 0.3) is 0 Å². The first-order chi connectivity index (χ1) is 19.9. The molecule has 8 atom stereocenters. The number of rotatable bonds is 16. The first-order valence-corrected chi connectivity index (χ1v) is 15.8. The third-order valence-electron chi connectivity index (χ3n) is 9.10. The number of hydrogen-bond acceptors (Lipinski definition) is 6. The molecule has 2 aliphatic rings. The van der Waals surface area contributed by atoms with Crippen LogP contribution in [0.5, 0.6) is 0 Å². The molecule has 0 aromatic carbocycles. The molecule has 2 N–H and O–H groups in total. The summed E-state index contributed by atoms with van der Waals surface area (Å²) in [6.45, 7) is 12.4. The maximum Gasteiger partial charge on any atom is 0.225 e. The molecule has 0 aromatic heterocycles. The van der Waals surface area contributed by atoms with E-state index in [2.05, 4.69) is 19.2 Å². The van der Waals surface area contributed by atoms with E-state index in [1.165, 1.54) is 0 Å². The maximum atomic E-state index is 13.8. The third-order valence-corrected chi connectivity index (χ3v) is 9.10. The van der Waals surface area contributed by atoms with Crippen LogP contribution in [-0.2, 0) is 23.9 Å². The number of methoxy groups -OCH3 is 2. The van der Waals surface area contributed by atoms with Gasteiger partial charge in [0.05, 0.1) is 48.8 Å². The molecule has 0 aromatic rings. The van der Waals surface area contributed by atoms with Gasteiger partial charge >= 0.3 is 0 Å². The molecule has 1 saturated heterocycles. The van der Waals surface area contributed by atoms with Crippen molar-refractivity contribution in [1.82, 2.24) is 15.1 Å². The topological polar surface area (TPSA) is 108 Å². The van der Waals surface area contributed by atoms with Gasteiger partial charge in [-0.05, 0) is 50.0 Å². The maximum absolute atomic E-state index is 13.8. The largest absolute Gasteiger partial charge is 0.386 e. The summed E-state index contributed by atoms with van der Waals surface area (Å²) in [4.78, 5) is 43.7. The SMILES string of the molecule is CCC(C)C(C(CC(=O)N1CCCC1C(OC)C(C)C(=O)NC(C)C(O)C1=CCCC=C1)OC)N(C)C(=O)CC(C)C. The number of likely N-dealkylation sites (N-methyl/N-ethyl adjacent to an activating group) is 1. The third kappa shape index (κ3) is 9.38. The predicted octanol–water partition coefficient (Wildman–Crippen LogP) is 4.09. The predicted molar refractivity (Wildman–Crippen MR) is 166 cm³/mol. The summed E-state index contributed by atoms with van der Waals surface area (Å²) < 4.78 is 11.8. The highest BCUT2D eigenvalue weighted by Crippen LogP contribution is 2.29. The molecule has 42 heavy (non-hydrogen) atoms. The van der Waals surface area contributed by atoms with Crippen molar-refractivity contribution in [1.29, 1.82) is 0 Å². The van der Waals surface area contributed by atoms with Crippen LogP contribution in [-0.4, -0.2) is 96.9 Å². The average molecular weight is 592 g/mol. The van der Waals surface area contributed by atoms with Gasteiger partial charge in [-0.25, -0.2) is 0 Å². The zero-order chi connectivity index (χ0) is 31.6. The van der Waals surface area contributed by atoms with Crippen LogP contribution in [0.15, 0.2) is 23.8 Å². The summed E-state index contributed by atoms with van der Waals surface area (Å²) in [7, 11) is 5.00. The van der Waals surface area contributed by atoms with E-state index >= 15 is 0 Å². The molecular formula is C33H57N3O6. The average Bonchev–Trinajstić information content (AvgIpc) is 3.46. The minimum absolute atomic E-state index is 0.0540. The highest BCUT2D eigenvalue weighted by molar-refractivity contribution is 5.81. The Morgan fingerprint density at radius 2 is 1.79 bits per heavy atom. The monoisotopic (exact) mass is 591 g/mol. The molecule has 0 radical (unpaired) electrons. The van der Waals surface area contributed by atoms with Crippen LogP contribution < -0.4 is 5.32 Å². The van der Waals surface area contributed by atoms with Crippen molar-refractivity contribution in [3.8, 4) is 0 Å². The van der Waals surface area contributed by atoms with Crippen LogP contribution in [0.2, 0.25) is 0 Å². The van der Waals surface area contributed by atoms with E-state index in [4.69, 9.17) is 9.47 Å². The van der Waals surface area contributed by atoms with Crippen LogP contribution >= 0.6 is 0 Å². The number of allylic oxidation sites excluding steroid dienone is 2. The molecule has 2 rings (SSSR count). The molecular weight excluding hydrogens is 534 g/mol. The normalized spacial score (nSPS) is 22.1. The molecule has 9 heteroatoms. The molecule has 1 aliphatic carbocycles. The van der Waals surface area contributed by atoms with E-state index in [0.29, 0.717) is 13.0 Å². The van der Waals surface area contributed by atoms with Crippen molar-refractivity contribution >= 4 is 17.7 Å². The van der Waals surface area contributed by atoms with Crippen molar-refractivity contribution in [2.45, 2.75) is 123 Å². The molecule has 9 nitrogen and oxygen atoms in total. The Balaban J connectivity index is 2.14. The Labute approximate surface area is 254 Å². The Morgan fingerprint density at radius 1 is 1.10 bits per heavy atom. The van der Waals surface area contributed by atoms with Crippen molar-refractivity contribution in [3.63, 3.8) is 0 Å². The number of nitrogens with zero attached hydrogens (tertiary/aromatic N) is 2. The summed E-state index contributed by atoms with van der Waals surface area (Å²) in [6, 6.07) is -0.961. The highest BCUT2D eigenvalue weighted by atomic mass is 16.5. The fraction of sp³-hybridized carbons (Fsp3) is 0.788.